The molecule has 0 unspecified atom stereocenters. The number of hydrogen-bond acceptors (Lipinski definition) is 3. The fourth-order valence-corrected chi connectivity index (χ4v) is 2.29. The number of para-hydroxylation sites is 2. The maximum Gasteiger partial charge on any atom is 0.150 e. The van der Waals surface area contributed by atoms with Crippen molar-refractivity contribution in [2.75, 3.05) is 5.73 Å². The highest BCUT2D eigenvalue weighted by Crippen LogP contribution is 2.28. The van der Waals surface area contributed by atoms with E-state index in [0.29, 0.717) is 5.82 Å². The maximum absolute atomic E-state index is 6.05. The van der Waals surface area contributed by atoms with Crippen molar-refractivity contribution in [1.82, 2.24) is 9.97 Å². The lowest BCUT2D eigenvalue weighted by molar-refractivity contribution is 1.28. The van der Waals surface area contributed by atoms with Crippen LogP contribution in [0.25, 0.3) is 22.3 Å². The third kappa shape index (κ3) is 2.03. The van der Waals surface area contributed by atoms with Crippen LogP contribution in [0.2, 0.25) is 0 Å². The summed E-state index contributed by atoms with van der Waals surface area (Å²) < 4.78 is 0. The predicted octanol–water partition coefficient (Wildman–Crippen LogP) is 3.50. The highest BCUT2D eigenvalue weighted by Gasteiger charge is 2.10. The van der Waals surface area contributed by atoms with Crippen molar-refractivity contribution in [2.45, 2.75) is 13.8 Å². The zero-order chi connectivity index (χ0) is 13.4. The van der Waals surface area contributed by atoms with Gasteiger partial charge in [-0.05, 0) is 31.5 Å². The molecular formula is C16H15N3. The van der Waals surface area contributed by atoms with Crippen LogP contribution in [0.15, 0.2) is 42.5 Å². The van der Waals surface area contributed by atoms with E-state index in [1.54, 1.807) is 0 Å². The summed E-state index contributed by atoms with van der Waals surface area (Å²) in [5.74, 6) is 0.477. The number of nitrogen functional groups attached to an aromatic ring is 1. The SMILES string of the molecule is Cc1ccc(-c2nc3ccccc3nc2N)c(C)c1. The zero-order valence-electron chi connectivity index (χ0n) is 11.0. The van der Waals surface area contributed by atoms with Crippen LogP contribution in [-0.4, -0.2) is 9.97 Å². The van der Waals surface area contributed by atoms with Crippen LogP contribution in [0.5, 0.6) is 0 Å². The van der Waals surface area contributed by atoms with Gasteiger partial charge >= 0.3 is 0 Å². The van der Waals surface area contributed by atoms with Crippen molar-refractivity contribution in [1.29, 1.82) is 0 Å². The zero-order valence-corrected chi connectivity index (χ0v) is 11.0. The standard InChI is InChI=1S/C16H15N3/c1-10-7-8-12(11(2)9-10)15-16(17)19-14-6-4-3-5-13(14)18-15/h3-9H,1-2H3,(H2,17,19). The van der Waals surface area contributed by atoms with Gasteiger partial charge in [-0.3, -0.25) is 0 Å². The number of hydrogen-bond donors (Lipinski definition) is 1. The van der Waals surface area contributed by atoms with E-state index in [1.165, 1.54) is 5.56 Å². The molecule has 94 valence electrons. The average Bonchev–Trinajstić information content (AvgIpc) is 2.38. The molecule has 19 heavy (non-hydrogen) atoms. The molecule has 0 atom stereocenters. The molecule has 0 amide bonds. The lowest BCUT2D eigenvalue weighted by atomic mass is 10.0. The molecule has 0 aliphatic carbocycles. The molecule has 0 aliphatic rings. The van der Waals surface area contributed by atoms with Gasteiger partial charge in [-0.1, -0.05) is 35.9 Å². The molecule has 0 saturated carbocycles. The van der Waals surface area contributed by atoms with Gasteiger partial charge in [-0.15, -0.1) is 0 Å². The summed E-state index contributed by atoms with van der Waals surface area (Å²) in [6.07, 6.45) is 0. The van der Waals surface area contributed by atoms with Crippen molar-refractivity contribution in [3.8, 4) is 11.3 Å². The third-order valence-corrected chi connectivity index (χ3v) is 3.23. The smallest absolute Gasteiger partial charge is 0.150 e. The molecular weight excluding hydrogens is 234 g/mol. The first-order valence-electron chi connectivity index (χ1n) is 6.25. The van der Waals surface area contributed by atoms with Crippen LogP contribution >= 0.6 is 0 Å². The summed E-state index contributed by atoms with van der Waals surface area (Å²) in [5, 5.41) is 0. The summed E-state index contributed by atoms with van der Waals surface area (Å²) in [5.41, 5.74) is 11.9. The average molecular weight is 249 g/mol. The first-order valence-corrected chi connectivity index (χ1v) is 6.25. The van der Waals surface area contributed by atoms with Crippen LogP contribution in [-0.2, 0) is 0 Å². The normalized spacial score (nSPS) is 10.8. The van der Waals surface area contributed by atoms with Crippen molar-refractivity contribution >= 4 is 16.9 Å². The molecule has 0 fully saturated rings. The number of benzene rings is 2. The Labute approximate surface area is 112 Å². The minimum Gasteiger partial charge on any atom is -0.382 e. The second kappa shape index (κ2) is 4.35. The second-order valence-electron chi connectivity index (χ2n) is 4.76. The molecule has 3 nitrogen and oxygen atoms in total. The number of nitrogens with zero attached hydrogens (tertiary/aromatic N) is 2. The van der Waals surface area contributed by atoms with Gasteiger partial charge in [0.15, 0.2) is 5.82 Å². The molecule has 0 bridgehead atoms. The Bertz CT molecular complexity index is 763. The van der Waals surface area contributed by atoms with Crippen molar-refractivity contribution in [2.24, 2.45) is 0 Å². The maximum atomic E-state index is 6.05. The van der Waals surface area contributed by atoms with E-state index in [2.05, 4.69) is 42.0 Å². The number of aryl methyl sites for hydroxylation is 2. The Morgan fingerprint density at radius 2 is 1.58 bits per heavy atom. The van der Waals surface area contributed by atoms with E-state index < -0.39 is 0 Å². The molecule has 2 aromatic carbocycles. The Balaban J connectivity index is 2.27. The number of anilines is 1. The summed E-state index contributed by atoms with van der Waals surface area (Å²) in [6, 6.07) is 14.0. The fraction of sp³-hybridized carbons (Fsp3) is 0.125. The van der Waals surface area contributed by atoms with Crippen LogP contribution < -0.4 is 5.73 Å². The number of rotatable bonds is 1. The first-order chi connectivity index (χ1) is 9.15. The van der Waals surface area contributed by atoms with Gasteiger partial charge in [-0.25, -0.2) is 9.97 Å². The Morgan fingerprint density at radius 1 is 0.895 bits per heavy atom. The third-order valence-electron chi connectivity index (χ3n) is 3.23. The summed E-state index contributed by atoms with van der Waals surface area (Å²) in [4.78, 5) is 9.08. The number of nitrogens with two attached hydrogens (primary N) is 1. The molecule has 1 heterocycles. The van der Waals surface area contributed by atoms with Gasteiger partial charge in [0, 0.05) is 5.56 Å². The quantitative estimate of drug-likeness (QED) is 0.718. The lowest BCUT2D eigenvalue weighted by Crippen LogP contribution is -1.99. The van der Waals surface area contributed by atoms with Gasteiger partial charge in [0.2, 0.25) is 0 Å². The summed E-state index contributed by atoms with van der Waals surface area (Å²) >= 11 is 0. The highest BCUT2D eigenvalue weighted by atomic mass is 14.9. The summed E-state index contributed by atoms with van der Waals surface area (Å²) in [7, 11) is 0. The molecule has 3 aromatic rings. The number of aromatic nitrogens is 2. The van der Waals surface area contributed by atoms with Crippen LogP contribution in [0, 0.1) is 13.8 Å². The molecule has 0 radical (unpaired) electrons. The van der Waals surface area contributed by atoms with E-state index >= 15 is 0 Å². The molecule has 0 saturated heterocycles. The van der Waals surface area contributed by atoms with Gasteiger partial charge in [0.25, 0.3) is 0 Å². The highest BCUT2D eigenvalue weighted by molar-refractivity contribution is 5.83. The molecule has 3 heteroatoms. The Hall–Kier alpha value is -2.42. The van der Waals surface area contributed by atoms with Crippen LogP contribution in [0.3, 0.4) is 0 Å². The topological polar surface area (TPSA) is 51.8 Å². The van der Waals surface area contributed by atoms with Crippen LogP contribution in [0.4, 0.5) is 5.82 Å². The molecule has 0 aliphatic heterocycles. The van der Waals surface area contributed by atoms with Crippen LogP contribution in [0.1, 0.15) is 11.1 Å². The first kappa shape index (κ1) is 11.7. The largest absolute Gasteiger partial charge is 0.382 e. The monoisotopic (exact) mass is 249 g/mol. The summed E-state index contributed by atoms with van der Waals surface area (Å²) in [6.45, 7) is 4.14. The Kier molecular flexibility index (Phi) is 2.67. The van der Waals surface area contributed by atoms with Crippen molar-refractivity contribution in [3.63, 3.8) is 0 Å². The van der Waals surface area contributed by atoms with E-state index in [0.717, 1.165) is 27.9 Å². The van der Waals surface area contributed by atoms with Crippen molar-refractivity contribution < 1.29 is 0 Å². The van der Waals surface area contributed by atoms with Gasteiger partial charge in [0.05, 0.1) is 11.0 Å². The van der Waals surface area contributed by atoms with E-state index in [1.807, 2.05) is 24.3 Å². The van der Waals surface area contributed by atoms with Gasteiger partial charge < -0.3 is 5.73 Å². The lowest BCUT2D eigenvalue weighted by Gasteiger charge is -2.09. The van der Waals surface area contributed by atoms with E-state index in [-0.39, 0.29) is 0 Å². The Morgan fingerprint density at radius 3 is 2.26 bits per heavy atom. The second-order valence-corrected chi connectivity index (χ2v) is 4.76. The van der Waals surface area contributed by atoms with Gasteiger partial charge in [0.1, 0.15) is 5.69 Å². The predicted molar refractivity (Wildman–Crippen MR) is 78.9 cm³/mol. The molecule has 0 spiro atoms. The minimum atomic E-state index is 0.477. The van der Waals surface area contributed by atoms with E-state index in [4.69, 9.17) is 5.73 Å². The molecule has 1 aromatic heterocycles. The van der Waals surface area contributed by atoms with Crippen molar-refractivity contribution in [3.05, 3.63) is 53.6 Å². The molecule has 3 rings (SSSR count). The fourth-order valence-electron chi connectivity index (χ4n) is 2.29. The van der Waals surface area contributed by atoms with E-state index in [9.17, 15) is 0 Å². The molecule has 2 N–H and O–H groups in total. The number of fused-ring (bicyclic) bond motifs is 1. The van der Waals surface area contributed by atoms with Gasteiger partial charge in [-0.2, -0.15) is 0 Å². The minimum absolute atomic E-state index is 0.477.